The number of carboxylic acids is 1. The zero-order valence-corrected chi connectivity index (χ0v) is 7.69. The molecule has 5 nitrogen and oxygen atoms in total. The molecule has 0 aliphatic rings. The van der Waals surface area contributed by atoms with E-state index in [0.29, 0.717) is 17.8 Å². The van der Waals surface area contributed by atoms with Crippen molar-refractivity contribution in [3.8, 4) is 0 Å². The highest BCUT2D eigenvalue weighted by atomic mass is 16.4. The van der Waals surface area contributed by atoms with Gasteiger partial charge < -0.3 is 10.8 Å². The van der Waals surface area contributed by atoms with Gasteiger partial charge in [0.2, 0.25) is 0 Å². The highest BCUT2D eigenvalue weighted by Gasteiger charge is 2.20. The first kappa shape index (κ1) is 9.57. The average molecular weight is 183 g/mol. The van der Waals surface area contributed by atoms with Crippen LogP contribution in [0.25, 0.3) is 0 Å². The van der Waals surface area contributed by atoms with Crippen molar-refractivity contribution in [2.24, 2.45) is 0 Å². The molecule has 1 atom stereocenters. The number of carbonyl (C=O) groups is 1. The number of carboxylic acid groups (broad SMARTS) is 1. The normalized spacial score (nSPS) is 12.8. The van der Waals surface area contributed by atoms with E-state index in [9.17, 15) is 4.79 Å². The molecule has 0 fully saturated rings. The number of hydrogen-bond acceptors (Lipinski definition) is 3. The summed E-state index contributed by atoms with van der Waals surface area (Å²) in [7, 11) is 0. The summed E-state index contributed by atoms with van der Waals surface area (Å²) < 4.78 is 1.44. The van der Waals surface area contributed by atoms with Gasteiger partial charge in [-0.1, -0.05) is 6.92 Å². The monoisotopic (exact) mass is 183 g/mol. The Kier molecular flexibility index (Phi) is 2.55. The number of aliphatic carboxylic acids is 1. The highest BCUT2D eigenvalue weighted by molar-refractivity contribution is 5.72. The topological polar surface area (TPSA) is 81.1 Å². The SMILES string of the molecule is CCC(C(=O)O)n1ncc(N)c1C. The van der Waals surface area contributed by atoms with E-state index in [4.69, 9.17) is 10.8 Å². The van der Waals surface area contributed by atoms with Crippen LogP contribution in [0.2, 0.25) is 0 Å². The van der Waals surface area contributed by atoms with Gasteiger partial charge in [0.05, 0.1) is 17.6 Å². The fourth-order valence-corrected chi connectivity index (χ4v) is 1.20. The molecule has 1 unspecified atom stereocenters. The van der Waals surface area contributed by atoms with E-state index < -0.39 is 12.0 Å². The molecule has 0 amide bonds. The van der Waals surface area contributed by atoms with Crippen LogP contribution in [0.1, 0.15) is 25.1 Å². The van der Waals surface area contributed by atoms with Crippen LogP contribution in [0.15, 0.2) is 6.20 Å². The maximum atomic E-state index is 10.8. The second-order valence-electron chi connectivity index (χ2n) is 2.89. The second-order valence-corrected chi connectivity index (χ2v) is 2.89. The number of nitrogen functional groups attached to an aromatic ring is 1. The van der Waals surface area contributed by atoms with Crippen molar-refractivity contribution >= 4 is 11.7 Å². The van der Waals surface area contributed by atoms with Crippen LogP contribution in [-0.4, -0.2) is 20.9 Å². The maximum Gasteiger partial charge on any atom is 0.328 e. The number of anilines is 1. The predicted molar refractivity (Wildman–Crippen MR) is 48.3 cm³/mol. The largest absolute Gasteiger partial charge is 0.480 e. The van der Waals surface area contributed by atoms with Crippen LogP contribution in [-0.2, 0) is 4.79 Å². The van der Waals surface area contributed by atoms with Crippen molar-refractivity contribution in [2.45, 2.75) is 26.3 Å². The summed E-state index contributed by atoms with van der Waals surface area (Å²) in [6.07, 6.45) is 1.97. The Balaban J connectivity index is 3.05. The van der Waals surface area contributed by atoms with Crippen molar-refractivity contribution in [3.05, 3.63) is 11.9 Å². The third-order valence-electron chi connectivity index (χ3n) is 2.05. The van der Waals surface area contributed by atoms with Crippen LogP contribution in [0.3, 0.4) is 0 Å². The van der Waals surface area contributed by atoms with Gasteiger partial charge >= 0.3 is 5.97 Å². The molecule has 0 saturated carbocycles. The fraction of sp³-hybridized carbons (Fsp3) is 0.500. The molecule has 0 aliphatic carbocycles. The first-order valence-corrected chi connectivity index (χ1v) is 4.10. The molecule has 1 heterocycles. The predicted octanol–water partition coefficient (Wildman–Crippen LogP) is 0.809. The van der Waals surface area contributed by atoms with Gasteiger partial charge in [-0.2, -0.15) is 5.10 Å². The minimum atomic E-state index is -0.881. The Morgan fingerprint density at radius 1 is 1.85 bits per heavy atom. The van der Waals surface area contributed by atoms with E-state index in [1.54, 1.807) is 13.8 Å². The maximum absolute atomic E-state index is 10.8. The molecule has 0 aromatic carbocycles. The number of nitrogens with two attached hydrogens (primary N) is 1. The number of hydrogen-bond donors (Lipinski definition) is 2. The van der Waals surface area contributed by atoms with E-state index in [2.05, 4.69) is 5.10 Å². The lowest BCUT2D eigenvalue weighted by atomic mass is 10.2. The first-order chi connectivity index (χ1) is 6.07. The third kappa shape index (κ3) is 1.63. The molecule has 0 aliphatic heterocycles. The van der Waals surface area contributed by atoms with Gasteiger partial charge in [0.1, 0.15) is 6.04 Å². The average Bonchev–Trinajstić information content (AvgIpc) is 2.37. The molecule has 5 heteroatoms. The molecule has 0 spiro atoms. The van der Waals surface area contributed by atoms with Crippen molar-refractivity contribution in [1.29, 1.82) is 0 Å². The molecule has 1 aromatic heterocycles. The smallest absolute Gasteiger partial charge is 0.328 e. The first-order valence-electron chi connectivity index (χ1n) is 4.10. The summed E-state index contributed by atoms with van der Waals surface area (Å²) in [5.74, 6) is -0.881. The lowest BCUT2D eigenvalue weighted by molar-refractivity contribution is -0.141. The van der Waals surface area contributed by atoms with Gasteiger partial charge in [0.25, 0.3) is 0 Å². The lowest BCUT2D eigenvalue weighted by Gasteiger charge is -2.12. The van der Waals surface area contributed by atoms with Crippen LogP contribution in [0.5, 0.6) is 0 Å². The van der Waals surface area contributed by atoms with Crippen LogP contribution in [0.4, 0.5) is 5.69 Å². The van der Waals surface area contributed by atoms with Gasteiger partial charge in [0.15, 0.2) is 0 Å². The Morgan fingerprint density at radius 2 is 2.46 bits per heavy atom. The Hall–Kier alpha value is -1.52. The number of rotatable bonds is 3. The standard InChI is InChI=1S/C8H13N3O2/c1-3-7(8(12)13)11-5(2)6(9)4-10-11/h4,7H,3,9H2,1-2H3,(H,12,13). The van der Waals surface area contributed by atoms with Crippen LogP contribution in [0, 0.1) is 6.92 Å². The van der Waals surface area contributed by atoms with E-state index in [1.165, 1.54) is 10.9 Å². The number of nitrogens with zero attached hydrogens (tertiary/aromatic N) is 2. The second kappa shape index (κ2) is 3.47. The van der Waals surface area contributed by atoms with Crippen molar-refractivity contribution < 1.29 is 9.90 Å². The van der Waals surface area contributed by atoms with Gasteiger partial charge in [-0.05, 0) is 13.3 Å². The molecule has 13 heavy (non-hydrogen) atoms. The Labute approximate surface area is 76.2 Å². The van der Waals surface area contributed by atoms with Crippen molar-refractivity contribution in [3.63, 3.8) is 0 Å². The molecule has 1 aromatic rings. The summed E-state index contributed by atoms with van der Waals surface area (Å²) in [6.45, 7) is 3.56. The number of aromatic nitrogens is 2. The van der Waals surface area contributed by atoms with Gasteiger partial charge in [-0.15, -0.1) is 0 Å². The zero-order chi connectivity index (χ0) is 10.0. The Bertz CT molecular complexity index is 319. The molecule has 72 valence electrons. The lowest BCUT2D eigenvalue weighted by Crippen LogP contribution is -2.20. The van der Waals surface area contributed by atoms with Crippen molar-refractivity contribution in [1.82, 2.24) is 9.78 Å². The molecule has 0 radical (unpaired) electrons. The van der Waals surface area contributed by atoms with Gasteiger partial charge in [0, 0.05) is 0 Å². The molecular weight excluding hydrogens is 170 g/mol. The minimum absolute atomic E-state index is 0.497. The zero-order valence-electron chi connectivity index (χ0n) is 7.69. The summed E-state index contributed by atoms with van der Waals surface area (Å²) in [4.78, 5) is 10.8. The summed E-state index contributed by atoms with van der Waals surface area (Å²) in [6, 6.07) is -0.614. The molecule has 3 N–H and O–H groups in total. The summed E-state index contributed by atoms with van der Waals surface area (Å²) in [5.41, 5.74) is 6.79. The van der Waals surface area contributed by atoms with Crippen molar-refractivity contribution in [2.75, 3.05) is 5.73 Å². The Morgan fingerprint density at radius 3 is 2.77 bits per heavy atom. The fourth-order valence-electron chi connectivity index (χ4n) is 1.20. The van der Waals surface area contributed by atoms with Gasteiger partial charge in [-0.25, -0.2) is 4.79 Å². The molecule has 0 bridgehead atoms. The van der Waals surface area contributed by atoms with Gasteiger partial charge in [-0.3, -0.25) is 4.68 Å². The van der Waals surface area contributed by atoms with E-state index in [-0.39, 0.29) is 0 Å². The highest BCUT2D eigenvalue weighted by Crippen LogP contribution is 2.17. The minimum Gasteiger partial charge on any atom is -0.480 e. The van der Waals surface area contributed by atoms with E-state index in [1.807, 2.05) is 0 Å². The van der Waals surface area contributed by atoms with E-state index in [0.717, 1.165) is 0 Å². The van der Waals surface area contributed by atoms with Crippen LogP contribution < -0.4 is 5.73 Å². The third-order valence-corrected chi connectivity index (χ3v) is 2.05. The molecular formula is C8H13N3O2. The quantitative estimate of drug-likeness (QED) is 0.726. The molecule has 0 saturated heterocycles. The summed E-state index contributed by atoms with van der Waals surface area (Å²) in [5, 5.41) is 12.8. The molecule has 1 rings (SSSR count). The van der Waals surface area contributed by atoms with E-state index >= 15 is 0 Å². The van der Waals surface area contributed by atoms with Crippen LogP contribution >= 0.6 is 0 Å². The summed E-state index contributed by atoms with van der Waals surface area (Å²) >= 11 is 0.